The molecule has 23 heavy (non-hydrogen) atoms. The monoisotopic (exact) mass is 323 g/mol. The molecule has 3 aromatic rings. The second-order valence-electron chi connectivity index (χ2n) is 5.58. The van der Waals surface area contributed by atoms with Gasteiger partial charge < -0.3 is 10.5 Å². The van der Waals surface area contributed by atoms with Gasteiger partial charge in [-0.3, -0.25) is 0 Å². The van der Waals surface area contributed by atoms with E-state index in [4.69, 9.17) is 10.5 Å². The number of rotatable bonds is 6. The first-order chi connectivity index (χ1) is 11.3. The lowest BCUT2D eigenvalue weighted by molar-refractivity contribution is 0.306. The van der Waals surface area contributed by atoms with E-state index < -0.39 is 0 Å². The van der Waals surface area contributed by atoms with Gasteiger partial charge in [0.05, 0.1) is 0 Å². The van der Waals surface area contributed by atoms with Gasteiger partial charge in [-0.1, -0.05) is 42.5 Å². The molecule has 1 heterocycles. The topological polar surface area (TPSA) is 35.2 Å². The van der Waals surface area contributed by atoms with Crippen molar-refractivity contribution in [3.8, 4) is 5.75 Å². The Morgan fingerprint density at radius 2 is 1.83 bits per heavy atom. The van der Waals surface area contributed by atoms with Crippen molar-refractivity contribution in [3.63, 3.8) is 0 Å². The van der Waals surface area contributed by atoms with Crippen LogP contribution in [0.1, 0.15) is 26.8 Å². The minimum Gasteiger partial charge on any atom is -0.489 e. The zero-order valence-electron chi connectivity index (χ0n) is 13.2. The van der Waals surface area contributed by atoms with Crippen molar-refractivity contribution in [2.75, 3.05) is 6.54 Å². The Morgan fingerprint density at radius 1 is 1.00 bits per heavy atom. The molecule has 0 spiro atoms. The fourth-order valence-electron chi connectivity index (χ4n) is 2.62. The zero-order chi connectivity index (χ0) is 16.1. The van der Waals surface area contributed by atoms with E-state index in [0.29, 0.717) is 13.2 Å². The third-order valence-corrected chi connectivity index (χ3v) is 4.96. The van der Waals surface area contributed by atoms with E-state index in [9.17, 15) is 0 Å². The first kappa shape index (κ1) is 15.8. The second-order valence-corrected chi connectivity index (χ2v) is 6.90. The molecule has 118 valence electrons. The molecule has 3 rings (SSSR count). The summed E-state index contributed by atoms with van der Waals surface area (Å²) in [5.41, 5.74) is 8.40. The van der Waals surface area contributed by atoms with Crippen LogP contribution in [-0.4, -0.2) is 6.54 Å². The number of hydrogen-bond donors (Lipinski definition) is 1. The lowest BCUT2D eigenvalue weighted by Gasteiger charge is -2.15. The molecule has 1 aromatic heterocycles. The van der Waals surface area contributed by atoms with E-state index in [1.54, 1.807) is 0 Å². The predicted octanol–water partition coefficient (Wildman–Crippen LogP) is 4.73. The largest absolute Gasteiger partial charge is 0.489 e. The highest BCUT2D eigenvalue weighted by Crippen LogP contribution is 2.31. The first-order valence-electron chi connectivity index (χ1n) is 7.79. The lowest BCUT2D eigenvalue weighted by Crippen LogP contribution is -2.12. The van der Waals surface area contributed by atoms with E-state index >= 15 is 0 Å². The van der Waals surface area contributed by atoms with Gasteiger partial charge >= 0.3 is 0 Å². The molecule has 2 N–H and O–H groups in total. The van der Waals surface area contributed by atoms with Crippen molar-refractivity contribution < 1.29 is 4.74 Å². The Morgan fingerprint density at radius 3 is 2.52 bits per heavy atom. The minimum absolute atomic E-state index is 0.231. The Hall–Kier alpha value is -2.10. The maximum atomic E-state index is 6.03. The molecular formula is C20H21NOS. The molecule has 3 heteroatoms. The molecule has 0 radical (unpaired) electrons. The van der Waals surface area contributed by atoms with Crippen molar-refractivity contribution in [2.45, 2.75) is 19.4 Å². The molecule has 0 saturated heterocycles. The first-order valence-corrected chi connectivity index (χ1v) is 8.61. The van der Waals surface area contributed by atoms with Gasteiger partial charge in [0, 0.05) is 22.2 Å². The van der Waals surface area contributed by atoms with Crippen molar-refractivity contribution in [3.05, 3.63) is 87.6 Å². The van der Waals surface area contributed by atoms with E-state index in [-0.39, 0.29) is 5.92 Å². The van der Waals surface area contributed by atoms with Crippen LogP contribution in [-0.2, 0) is 6.61 Å². The van der Waals surface area contributed by atoms with E-state index in [1.165, 1.54) is 20.9 Å². The van der Waals surface area contributed by atoms with Crippen LogP contribution in [0.5, 0.6) is 5.75 Å². The summed E-state index contributed by atoms with van der Waals surface area (Å²) in [6, 6.07) is 22.8. The molecule has 0 aliphatic carbocycles. The highest BCUT2D eigenvalue weighted by Gasteiger charge is 2.15. The molecule has 2 aromatic carbocycles. The summed E-state index contributed by atoms with van der Waals surface area (Å²) in [6.07, 6.45) is 0. The Balaban J connectivity index is 1.76. The second kappa shape index (κ2) is 7.44. The van der Waals surface area contributed by atoms with Crippen molar-refractivity contribution >= 4 is 11.3 Å². The molecule has 0 fully saturated rings. The maximum absolute atomic E-state index is 6.03. The van der Waals surface area contributed by atoms with Gasteiger partial charge in [0.2, 0.25) is 0 Å². The van der Waals surface area contributed by atoms with Crippen LogP contribution in [0.25, 0.3) is 0 Å². The fraction of sp³-hybridized carbons (Fsp3) is 0.200. The molecule has 0 bridgehead atoms. The quantitative estimate of drug-likeness (QED) is 0.712. The fourth-order valence-corrected chi connectivity index (χ4v) is 3.64. The van der Waals surface area contributed by atoms with Crippen molar-refractivity contribution in [2.24, 2.45) is 5.73 Å². The zero-order valence-corrected chi connectivity index (χ0v) is 14.1. The maximum Gasteiger partial charge on any atom is 0.120 e. The molecule has 0 amide bonds. The highest BCUT2D eigenvalue weighted by molar-refractivity contribution is 7.12. The summed E-state index contributed by atoms with van der Waals surface area (Å²) >= 11 is 1.81. The molecule has 0 saturated carbocycles. The molecular weight excluding hydrogens is 302 g/mol. The number of aryl methyl sites for hydroxylation is 1. The molecule has 0 aliphatic rings. The van der Waals surface area contributed by atoms with Gasteiger partial charge in [0.1, 0.15) is 12.4 Å². The van der Waals surface area contributed by atoms with E-state index in [1.807, 2.05) is 41.7 Å². The molecule has 1 atom stereocenters. The van der Waals surface area contributed by atoms with E-state index in [0.717, 1.165) is 5.75 Å². The van der Waals surface area contributed by atoms with Gasteiger partial charge in [0.25, 0.3) is 0 Å². The number of ether oxygens (including phenoxy) is 1. The van der Waals surface area contributed by atoms with Gasteiger partial charge in [-0.2, -0.15) is 0 Å². The van der Waals surface area contributed by atoms with Gasteiger partial charge in [-0.25, -0.2) is 0 Å². The summed E-state index contributed by atoms with van der Waals surface area (Å²) < 4.78 is 5.93. The van der Waals surface area contributed by atoms with Crippen LogP contribution < -0.4 is 10.5 Å². The number of hydrogen-bond acceptors (Lipinski definition) is 3. The SMILES string of the molecule is Cc1ccc(C(CN)c2cccc(OCc3ccccc3)c2)s1. The van der Waals surface area contributed by atoms with Gasteiger partial charge in [-0.05, 0) is 42.3 Å². The Labute approximate surface area is 141 Å². The standard InChI is InChI=1S/C20H21NOS/c1-15-10-11-20(23-15)19(13-21)17-8-5-9-18(12-17)22-14-16-6-3-2-4-7-16/h2-12,19H,13-14,21H2,1H3. The van der Waals surface area contributed by atoms with Crippen molar-refractivity contribution in [1.29, 1.82) is 0 Å². The van der Waals surface area contributed by atoms with E-state index in [2.05, 4.69) is 43.3 Å². The number of benzene rings is 2. The summed E-state index contributed by atoms with van der Waals surface area (Å²) in [7, 11) is 0. The summed E-state index contributed by atoms with van der Waals surface area (Å²) in [4.78, 5) is 2.63. The summed E-state index contributed by atoms with van der Waals surface area (Å²) in [5, 5.41) is 0. The number of nitrogens with two attached hydrogens (primary N) is 1. The minimum atomic E-state index is 0.231. The highest BCUT2D eigenvalue weighted by atomic mass is 32.1. The average Bonchev–Trinajstić information content (AvgIpc) is 3.01. The Kier molecular flexibility index (Phi) is 5.11. The van der Waals surface area contributed by atoms with Crippen molar-refractivity contribution in [1.82, 2.24) is 0 Å². The number of thiophene rings is 1. The normalized spacial score (nSPS) is 12.1. The Bertz CT molecular complexity index is 751. The van der Waals surface area contributed by atoms with Gasteiger partial charge in [-0.15, -0.1) is 11.3 Å². The smallest absolute Gasteiger partial charge is 0.120 e. The predicted molar refractivity (Wildman–Crippen MR) is 97.2 cm³/mol. The molecule has 0 aliphatic heterocycles. The van der Waals surface area contributed by atoms with Crippen LogP contribution in [0.2, 0.25) is 0 Å². The summed E-state index contributed by atoms with van der Waals surface area (Å²) in [6.45, 7) is 3.30. The van der Waals surface area contributed by atoms with Crippen LogP contribution >= 0.6 is 11.3 Å². The van der Waals surface area contributed by atoms with Crippen LogP contribution in [0.15, 0.2) is 66.7 Å². The summed E-state index contributed by atoms with van der Waals surface area (Å²) in [5.74, 6) is 1.12. The average molecular weight is 323 g/mol. The van der Waals surface area contributed by atoms with Crippen LogP contribution in [0, 0.1) is 6.92 Å². The third-order valence-electron chi connectivity index (χ3n) is 3.85. The molecule has 1 unspecified atom stereocenters. The molecule has 2 nitrogen and oxygen atoms in total. The van der Waals surface area contributed by atoms with Gasteiger partial charge in [0.15, 0.2) is 0 Å². The van der Waals surface area contributed by atoms with Crippen LogP contribution in [0.3, 0.4) is 0 Å². The lowest BCUT2D eigenvalue weighted by atomic mass is 9.97. The third kappa shape index (κ3) is 4.01. The van der Waals surface area contributed by atoms with Crippen LogP contribution in [0.4, 0.5) is 0 Å².